The van der Waals surface area contributed by atoms with Gasteiger partial charge >= 0.3 is 0 Å². The van der Waals surface area contributed by atoms with Gasteiger partial charge < -0.3 is 10.2 Å². The second-order valence-electron chi connectivity index (χ2n) is 9.28. The number of hydrogen-bond acceptors (Lipinski definition) is 2. The monoisotopic (exact) mass is 373 g/mol. The number of benzene rings is 1. The average molecular weight is 374 g/mol. The molecule has 4 fully saturated rings. The highest BCUT2D eigenvalue weighted by Crippen LogP contribution is 2.55. The molecule has 4 aliphatic rings. The number of hydrogen-bond donors (Lipinski definition) is 2. The number of quaternary nitrogens is 1. The van der Waals surface area contributed by atoms with Crippen LogP contribution in [0.5, 0.6) is 0 Å². The summed E-state index contributed by atoms with van der Waals surface area (Å²) in [6, 6.07) is 8.72. The third-order valence-electron chi connectivity index (χ3n) is 7.20. The molecule has 0 radical (unpaired) electrons. The number of carbonyl (C=O) groups excluding carboxylic acids is 1. The highest BCUT2D eigenvalue weighted by atomic mass is 32.2. The van der Waals surface area contributed by atoms with E-state index in [0.29, 0.717) is 0 Å². The van der Waals surface area contributed by atoms with Crippen LogP contribution in [0.3, 0.4) is 0 Å². The molecule has 0 spiro atoms. The van der Waals surface area contributed by atoms with E-state index in [4.69, 9.17) is 0 Å². The van der Waals surface area contributed by atoms with Crippen molar-refractivity contribution in [2.45, 2.75) is 68.5 Å². The summed E-state index contributed by atoms with van der Waals surface area (Å²) in [4.78, 5) is 15.6. The molecule has 26 heavy (non-hydrogen) atoms. The summed E-state index contributed by atoms with van der Waals surface area (Å²) < 4.78 is 0. The first kappa shape index (κ1) is 18.4. The summed E-state index contributed by atoms with van der Waals surface area (Å²) in [5, 5.41) is 3.55. The quantitative estimate of drug-likeness (QED) is 0.752. The smallest absolute Gasteiger partial charge is 0.278 e. The Morgan fingerprint density at radius 2 is 1.69 bits per heavy atom. The highest BCUT2D eigenvalue weighted by molar-refractivity contribution is 7.98. The summed E-state index contributed by atoms with van der Waals surface area (Å²) in [7, 11) is 2.15. The molecule has 2 atom stereocenters. The minimum Gasteiger partial charge on any atom is -0.345 e. The fraction of sp³-hybridized carbons (Fsp3) is 0.682. The molecule has 0 saturated heterocycles. The van der Waals surface area contributed by atoms with Gasteiger partial charge in [0.15, 0.2) is 6.04 Å². The average Bonchev–Trinajstić information content (AvgIpc) is 2.60. The van der Waals surface area contributed by atoms with Gasteiger partial charge in [0.05, 0.1) is 7.05 Å². The van der Waals surface area contributed by atoms with Gasteiger partial charge in [-0.2, -0.15) is 0 Å². The van der Waals surface area contributed by atoms with Gasteiger partial charge in [-0.25, -0.2) is 0 Å². The number of likely N-dealkylation sites (N-methyl/N-ethyl adjacent to an activating group) is 1. The zero-order chi connectivity index (χ0) is 18.3. The van der Waals surface area contributed by atoms with E-state index in [0.717, 1.165) is 24.3 Å². The van der Waals surface area contributed by atoms with Crippen LogP contribution < -0.4 is 10.2 Å². The first-order valence-corrected chi connectivity index (χ1v) is 11.5. The van der Waals surface area contributed by atoms with Crippen LogP contribution >= 0.6 is 11.8 Å². The largest absolute Gasteiger partial charge is 0.345 e. The van der Waals surface area contributed by atoms with Crippen LogP contribution in [0.2, 0.25) is 0 Å². The minimum atomic E-state index is -0.0109. The van der Waals surface area contributed by atoms with Gasteiger partial charge in [0.1, 0.15) is 6.54 Å². The molecular formula is C22H33N2OS+. The van der Waals surface area contributed by atoms with Crippen molar-refractivity contribution >= 4 is 17.7 Å². The first-order chi connectivity index (χ1) is 12.5. The van der Waals surface area contributed by atoms with Crippen molar-refractivity contribution in [3.63, 3.8) is 0 Å². The lowest BCUT2D eigenvalue weighted by Crippen LogP contribution is -3.12. The Hall–Kier alpha value is -1.00. The second-order valence-corrected chi connectivity index (χ2v) is 10.2. The number of nitrogens with one attached hydrogen (secondary N) is 2. The van der Waals surface area contributed by atoms with E-state index in [-0.39, 0.29) is 17.5 Å². The minimum absolute atomic E-state index is 0.0109. The van der Waals surface area contributed by atoms with Crippen LogP contribution in [-0.4, -0.2) is 30.8 Å². The number of thioether (sulfide) groups is 1. The number of carbonyl (C=O) groups is 1. The molecule has 2 N–H and O–H groups in total. The Morgan fingerprint density at radius 1 is 1.15 bits per heavy atom. The van der Waals surface area contributed by atoms with Gasteiger partial charge in [-0.1, -0.05) is 12.1 Å². The van der Waals surface area contributed by atoms with E-state index in [9.17, 15) is 4.79 Å². The maximum atomic E-state index is 13.0. The van der Waals surface area contributed by atoms with E-state index in [1.807, 2.05) is 0 Å². The Bertz CT molecular complexity index is 621. The van der Waals surface area contributed by atoms with Gasteiger partial charge in [-0.3, -0.25) is 4.79 Å². The van der Waals surface area contributed by atoms with Crippen LogP contribution in [0.1, 0.15) is 51.0 Å². The molecule has 0 heterocycles. The predicted octanol–water partition coefficient (Wildman–Crippen LogP) is 2.90. The molecule has 4 aliphatic carbocycles. The molecule has 1 aromatic rings. The van der Waals surface area contributed by atoms with E-state index in [2.05, 4.69) is 49.8 Å². The number of amides is 1. The van der Waals surface area contributed by atoms with Crippen molar-refractivity contribution in [3.05, 3.63) is 29.8 Å². The van der Waals surface area contributed by atoms with Crippen LogP contribution in [-0.2, 0) is 11.3 Å². The van der Waals surface area contributed by atoms with Gasteiger partial charge in [-0.15, -0.1) is 11.8 Å². The summed E-state index contributed by atoms with van der Waals surface area (Å²) in [5.41, 5.74) is 1.43. The molecule has 4 saturated carbocycles. The predicted molar refractivity (Wildman–Crippen MR) is 107 cm³/mol. The van der Waals surface area contributed by atoms with Crippen molar-refractivity contribution in [1.29, 1.82) is 0 Å². The maximum Gasteiger partial charge on any atom is 0.278 e. The summed E-state index contributed by atoms with van der Waals surface area (Å²) in [5.74, 6) is 2.87. The van der Waals surface area contributed by atoms with E-state index < -0.39 is 0 Å². The Morgan fingerprint density at radius 3 is 2.19 bits per heavy atom. The zero-order valence-electron chi connectivity index (χ0n) is 16.4. The van der Waals surface area contributed by atoms with E-state index in [1.54, 1.807) is 11.8 Å². The van der Waals surface area contributed by atoms with Crippen LogP contribution in [0.15, 0.2) is 29.2 Å². The Kier molecular flexibility index (Phi) is 5.08. The summed E-state index contributed by atoms with van der Waals surface area (Å²) in [6.07, 6.45) is 10.0. The molecule has 142 valence electrons. The van der Waals surface area contributed by atoms with Gasteiger partial charge in [0.25, 0.3) is 5.91 Å². The third-order valence-corrected chi connectivity index (χ3v) is 7.94. The second kappa shape index (κ2) is 7.20. The van der Waals surface area contributed by atoms with E-state index >= 15 is 0 Å². The van der Waals surface area contributed by atoms with Crippen molar-refractivity contribution in [3.8, 4) is 0 Å². The lowest BCUT2D eigenvalue weighted by atomic mass is 9.53. The fourth-order valence-corrected chi connectivity index (χ4v) is 6.48. The van der Waals surface area contributed by atoms with Gasteiger partial charge in [-0.05, 0) is 81.6 Å². The lowest BCUT2D eigenvalue weighted by molar-refractivity contribution is -0.908. The third kappa shape index (κ3) is 3.68. The van der Waals surface area contributed by atoms with Crippen molar-refractivity contribution in [1.82, 2.24) is 5.32 Å². The molecule has 4 heteroatoms. The Balaban J connectivity index is 1.36. The normalized spacial score (nSPS) is 34.5. The van der Waals surface area contributed by atoms with Crippen molar-refractivity contribution in [2.75, 3.05) is 13.3 Å². The molecule has 5 rings (SSSR count). The topological polar surface area (TPSA) is 33.5 Å². The summed E-state index contributed by atoms with van der Waals surface area (Å²) in [6.45, 7) is 2.98. The molecule has 0 aromatic heterocycles. The number of rotatable bonds is 6. The van der Waals surface area contributed by atoms with Crippen LogP contribution in [0, 0.1) is 17.8 Å². The fourth-order valence-electron chi connectivity index (χ4n) is 6.08. The van der Waals surface area contributed by atoms with E-state index in [1.165, 1.54) is 53.9 Å². The molecule has 1 unspecified atom stereocenters. The van der Waals surface area contributed by atoms with Gasteiger partial charge in [0, 0.05) is 16.0 Å². The van der Waals surface area contributed by atoms with Crippen molar-refractivity contribution < 1.29 is 9.69 Å². The molecule has 1 aromatic carbocycles. The summed E-state index contributed by atoms with van der Waals surface area (Å²) >= 11 is 1.77. The SMILES string of the molecule is CSc1ccc(C[NH+](C)[C@@H](C)C(=O)NC23CC4CC(CC(C4)C2)C3)cc1. The van der Waals surface area contributed by atoms with Crippen molar-refractivity contribution in [2.24, 2.45) is 17.8 Å². The maximum absolute atomic E-state index is 13.0. The molecule has 1 amide bonds. The Labute approximate surface area is 162 Å². The van der Waals surface area contributed by atoms with Crippen LogP contribution in [0.4, 0.5) is 0 Å². The highest BCUT2D eigenvalue weighted by Gasteiger charge is 2.52. The molecule has 0 aliphatic heterocycles. The van der Waals surface area contributed by atoms with Crippen LogP contribution in [0.25, 0.3) is 0 Å². The first-order valence-electron chi connectivity index (χ1n) is 10.2. The molecule has 3 nitrogen and oxygen atoms in total. The molecule has 4 bridgehead atoms. The zero-order valence-corrected chi connectivity index (χ0v) is 17.2. The molecular weight excluding hydrogens is 340 g/mol. The van der Waals surface area contributed by atoms with Gasteiger partial charge in [0.2, 0.25) is 0 Å². The standard InChI is InChI=1S/C22H32N2OS/c1-15(24(2)14-16-4-6-20(26-3)7-5-16)21(25)23-22-11-17-8-18(12-22)10-19(9-17)13-22/h4-7,15,17-19H,8-14H2,1-3H3,(H,23,25)/p+1/t15-,17?,18?,19?,22?/m0/s1. The lowest BCUT2D eigenvalue weighted by Gasteiger charge is -2.57.